The molecule has 0 amide bonds. The minimum Gasteiger partial charge on any atom is -0.472 e. The highest BCUT2D eigenvalue weighted by molar-refractivity contribution is 5.67. The molecule has 32 heavy (non-hydrogen) atoms. The van der Waals surface area contributed by atoms with E-state index in [0.717, 1.165) is 19.3 Å². The molecule has 2 aliphatic carbocycles. The molecule has 5 aliphatic heterocycles. The van der Waals surface area contributed by atoms with Crippen LogP contribution in [0.2, 0.25) is 0 Å². The summed E-state index contributed by atoms with van der Waals surface area (Å²) in [7, 11) is 0. The molecule has 11 atom stereocenters. The van der Waals surface area contributed by atoms with Gasteiger partial charge in [-0.05, 0) is 37.2 Å². The Kier molecular flexibility index (Phi) is 4.38. The molecule has 6 fully saturated rings. The van der Waals surface area contributed by atoms with E-state index in [2.05, 4.69) is 19.9 Å². The molecule has 2 unspecified atom stereocenters. The Balaban J connectivity index is 1.47. The SMILES string of the molecule is CC(=O)O[C@H]1O[C@@H]2C[C@H]3C1([C@@H](OC(C)=O)C[C@@H](C)[C@]3(C)C1C[C@H]3C=CO[C@H]3O1)[C@@]1(CO1)C2. The van der Waals surface area contributed by atoms with Gasteiger partial charge in [-0.3, -0.25) is 9.59 Å². The second kappa shape index (κ2) is 6.70. The molecule has 2 bridgehead atoms. The Morgan fingerprint density at radius 2 is 1.81 bits per heavy atom. The van der Waals surface area contributed by atoms with E-state index in [9.17, 15) is 9.59 Å². The lowest BCUT2D eigenvalue weighted by Crippen LogP contribution is -2.77. The molecule has 176 valence electrons. The van der Waals surface area contributed by atoms with Crippen molar-refractivity contribution in [2.24, 2.45) is 28.6 Å². The molecule has 2 saturated carbocycles. The van der Waals surface area contributed by atoms with E-state index in [1.807, 2.05) is 0 Å². The highest BCUT2D eigenvalue weighted by atomic mass is 16.7. The first-order valence-electron chi connectivity index (χ1n) is 11.8. The van der Waals surface area contributed by atoms with Gasteiger partial charge in [-0.2, -0.15) is 0 Å². The molecule has 2 spiro atoms. The molecule has 0 aromatic heterocycles. The number of ether oxygens (including phenoxy) is 6. The van der Waals surface area contributed by atoms with E-state index in [1.54, 1.807) is 6.26 Å². The van der Waals surface area contributed by atoms with Gasteiger partial charge in [-0.1, -0.05) is 13.8 Å². The Hall–Kier alpha value is -1.64. The van der Waals surface area contributed by atoms with Crippen LogP contribution in [0.3, 0.4) is 0 Å². The summed E-state index contributed by atoms with van der Waals surface area (Å²) in [6.07, 6.45) is 5.25. The van der Waals surface area contributed by atoms with Gasteiger partial charge >= 0.3 is 11.9 Å². The molecular weight excluding hydrogens is 416 g/mol. The lowest BCUT2D eigenvalue weighted by atomic mass is 9.40. The first-order chi connectivity index (χ1) is 15.2. The largest absolute Gasteiger partial charge is 0.472 e. The number of carbonyl (C=O) groups excluding carboxylic acids is 2. The lowest BCUT2D eigenvalue weighted by Gasteiger charge is -2.69. The van der Waals surface area contributed by atoms with Crippen molar-refractivity contribution in [3.63, 3.8) is 0 Å². The van der Waals surface area contributed by atoms with Crippen LogP contribution in [-0.4, -0.2) is 55.0 Å². The third-order valence-electron chi connectivity index (χ3n) is 9.48. The standard InChI is InChI=1S/C24H32O8/c1-12-7-19(29-13(2)25)24-17(22(12,4)18-8-15-5-6-27-20(15)32-18)9-16(10-23(24)11-28-23)31-21(24)30-14(3)26/h5-6,12,15-21H,7-11H2,1-4H3/t12-,15-,16-,17-,18?,19+,20+,21+,22+,23+,24?/m1/s1. The molecule has 7 rings (SSSR count). The van der Waals surface area contributed by atoms with E-state index in [4.69, 9.17) is 28.4 Å². The predicted molar refractivity (Wildman–Crippen MR) is 109 cm³/mol. The smallest absolute Gasteiger partial charge is 0.304 e. The molecule has 0 aromatic carbocycles. The van der Waals surface area contributed by atoms with Crippen LogP contribution in [-0.2, 0) is 38.0 Å². The van der Waals surface area contributed by atoms with E-state index >= 15 is 0 Å². The van der Waals surface area contributed by atoms with Crippen LogP contribution in [0.4, 0.5) is 0 Å². The van der Waals surface area contributed by atoms with Crippen molar-refractivity contribution < 1.29 is 38.0 Å². The molecule has 0 radical (unpaired) electrons. The number of esters is 2. The summed E-state index contributed by atoms with van der Waals surface area (Å²) < 4.78 is 36.5. The van der Waals surface area contributed by atoms with Gasteiger partial charge in [-0.15, -0.1) is 0 Å². The maximum Gasteiger partial charge on any atom is 0.304 e. The topological polar surface area (TPSA) is 92.8 Å². The number of rotatable bonds is 3. The number of fused-ring (bicyclic) bond motifs is 2. The summed E-state index contributed by atoms with van der Waals surface area (Å²) in [4.78, 5) is 24.3. The number of carbonyl (C=O) groups is 2. The van der Waals surface area contributed by atoms with Gasteiger partial charge in [0.1, 0.15) is 17.1 Å². The zero-order valence-corrected chi connectivity index (χ0v) is 19.1. The molecule has 7 aliphatic rings. The summed E-state index contributed by atoms with van der Waals surface area (Å²) in [6, 6.07) is 0. The lowest BCUT2D eigenvalue weighted by molar-refractivity contribution is -0.375. The quantitative estimate of drug-likeness (QED) is 0.481. The summed E-state index contributed by atoms with van der Waals surface area (Å²) in [5.74, 6) is -0.245. The monoisotopic (exact) mass is 448 g/mol. The Morgan fingerprint density at radius 1 is 1.06 bits per heavy atom. The van der Waals surface area contributed by atoms with Crippen molar-refractivity contribution in [2.45, 2.75) is 89.9 Å². The fraction of sp³-hybridized carbons (Fsp3) is 0.833. The normalized spacial score (nSPS) is 54.6. The Labute approximate surface area is 187 Å². The average Bonchev–Trinajstić information content (AvgIpc) is 3.14. The first-order valence-corrected chi connectivity index (χ1v) is 11.8. The van der Waals surface area contributed by atoms with Crippen LogP contribution < -0.4 is 0 Å². The van der Waals surface area contributed by atoms with Crippen LogP contribution in [0, 0.1) is 28.6 Å². The van der Waals surface area contributed by atoms with Gasteiger partial charge in [-0.25, -0.2) is 0 Å². The molecule has 0 aromatic rings. The zero-order valence-electron chi connectivity index (χ0n) is 19.1. The van der Waals surface area contributed by atoms with E-state index in [-0.39, 0.29) is 47.6 Å². The highest BCUT2D eigenvalue weighted by Gasteiger charge is 2.83. The van der Waals surface area contributed by atoms with Crippen LogP contribution in [0.1, 0.15) is 53.4 Å². The minimum atomic E-state index is -0.812. The molecular formula is C24H32O8. The van der Waals surface area contributed by atoms with Crippen molar-refractivity contribution in [1.82, 2.24) is 0 Å². The van der Waals surface area contributed by atoms with Gasteiger partial charge in [0.25, 0.3) is 0 Å². The molecule has 0 N–H and O–H groups in total. The van der Waals surface area contributed by atoms with Crippen LogP contribution >= 0.6 is 0 Å². The minimum absolute atomic E-state index is 0.0225. The van der Waals surface area contributed by atoms with Gasteiger partial charge in [0.05, 0.1) is 25.1 Å². The van der Waals surface area contributed by atoms with Crippen molar-refractivity contribution in [3.8, 4) is 0 Å². The second-order valence-electron chi connectivity index (χ2n) is 10.9. The maximum absolute atomic E-state index is 12.2. The van der Waals surface area contributed by atoms with Crippen LogP contribution in [0.25, 0.3) is 0 Å². The third kappa shape index (κ3) is 2.54. The van der Waals surface area contributed by atoms with Gasteiger partial charge in [0.2, 0.25) is 12.6 Å². The summed E-state index contributed by atoms with van der Waals surface area (Å²) in [5.41, 5.74) is -1.53. The maximum atomic E-state index is 12.2. The average molecular weight is 449 g/mol. The molecule has 4 saturated heterocycles. The fourth-order valence-corrected chi connectivity index (χ4v) is 7.95. The fourth-order valence-electron chi connectivity index (χ4n) is 7.95. The number of hydrogen-bond acceptors (Lipinski definition) is 8. The van der Waals surface area contributed by atoms with E-state index < -0.39 is 29.4 Å². The highest BCUT2D eigenvalue weighted by Crippen LogP contribution is 2.74. The molecule has 8 nitrogen and oxygen atoms in total. The van der Waals surface area contributed by atoms with Crippen molar-refractivity contribution >= 4 is 11.9 Å². The Morgan fingerprint density at radius 3 is 2.47 bits per heavy atom. The summed E-state index contributed by atoms with van der Waals surface area (Å²) >= 11 is 0. The third-order valence-corrected chi connectivity index (χ3v) is 9.48. The summed E-state index contributed by atoms with van der Waals surface area (Å²) in [5, 5.41) is 0. The second-order valence-corrected chi connectivity index (χ2v) is 10.9. The number of hydrogen-bond donors (Lipinski definition) is 0. The van der Waals surface area contributed by atoms with Gasteiger partial charge in [0, 0.05) is 31.6 Å². The van der Waals surface area contributed by atoms with E-state index in [0.29, 0.717) is 13.0 Å². The van der Waals surface area contributed by atoms with Crippen LogP contribution in [0.5, 0.6) is 0 Å². The van der Waals surface area contributed by atoms with Crippen molar-refractivity contribution in [3.05, 3.63) is 12.3 Å². The molecule has 5 heterocycles. The first kappa shape index (κ1) is 20.9. The van der Waals surface area contributed by atoms with Crippen LogP contribution in [0.15, 0.2) is 12.3 Å². The molecule has 8 heteroatoms. The zero-order chi connectivity index (χ0) is 22.5. The Bertz CT molecular complexity index is 866. The van der Waals surface area contributed by atoms with Crippen molar-refractivity contribution in [2.75, 3.05) is 6.61 Å². The number of epoxide rings is 1. The summed E-state index contributed by atoms with van der Waals surface area (Å²) in [6.45, 7) is 7.92. The van der Waals surface area contributed by atoms with Crippen molar-refractivity contribution in [1.29, 1.82) is 0 Å². The van der Waals surface area contributed by atoms with E-state index in [1.165, 1.54) is 13.8 Å². The predicted octanol–water partition coefficient (Wildman–Crippen LogP) is 2.69. The van der Waals surface area contributed by atoms with Gasteiger partial charge in [0.15, 0.2) is 0 Å². The van der Waals surface area contributed by atoms with Gasteiger partial charge < -0.3 is 28.4 Å².